The highest BCUT2D eigenvalue weighted by Gasteiger charge is 2.41. The lowest BCUT2D eigenvalue weighted by atomic mass is 9.90. The predicted molar refractivity (Wildman–Crippen MR) is 98.2 cm³/mol. The van der Waals surface area contributed by atoms with Crippen LogP contribution in [-0.4, -0.2) is 88.1 Å². The molecule has 3 saturated heterocycles. The first-order valence-corrected chi connectivity index (χ1v) is 9.65. The van der Waals surface area contributed by atoms with Gasteiger partial charge in [0.25, 0.3) is 0 Å². The quantitative estimate of drug-likeness (QED) is 0.530. The molecule has 2 N–H and O–H groups in total. The van der Waals surface area contributed by atoms with Gasteiger partial charge in [0, 0.05) is 52.9 Å². The van der Waals surface area contributed by atoms with Gasteiger partial charge in [0.1, 0.15) is 6.54 Å². The molecular formula is C18H32N4O4. The second-order valence-corrected chi connectivity index (χ2v) is 7.64. The van der Waals surface area contributed by atoms with Crippen LogP contribution >= 0.6 is 0 Å². The van der Waals surface area contributed by atoms with Gasteiger partial charge in [0.2, 0.25) is 5.91 Å². The van der Waals surface area contributed by atoms with Crippen LogP contribution in [0.25, 0.3) is 0 Å². The highest BCUT2D eigenvalue weighted by Crippen LogP contribution is 2.32. The average molecular weight is 368 g/mol. The normalized spacial score (nSPS) is 32.0. The smallest absolute Gasteiger partial charge is 0.243 e. The number of hydrogen-bond donors (Lipinski definition) is 2. The van der Waals surface area contributed by atoms with Crippen molar-refractivity contribution < 1.29 is 19.0 Å². The van der Waals surface area contributed by atoms with Gasteiger partial charge in [-0.1, -0.05) is 0 Å². The summed E-state index contributed by atoms with van der Waals surface area (Å²) in [6, 6.07) is 0.260. The van der Waals surface area contributed by atoms with Crippen molar-refractivity contribution >= 4 is 11.9 Å². The van der Waals surface area contributed by atoms with Crippen LogP contribution in [-0.2, 0) is 19.0 Å². The zero-order valence-corrected chi connectivity index (χ0v) is 16.0. The summed E-state index contributed by atoms with van der Waals surface area (Å²) in [5, 5.41) is 6.86. The summed E-state index contributed by atoms with van der Waals surface area (Å²) in [7, 11) is 3.49. The standard InChI is InChI=1S/C18H32N4O4/c1-22(2)16(23)12-20-17(19-11-15-4-3-7-25-15)21-14-5-8-26-18(10-14)6-9-24-13-18/h14-15H,3-13H2,1-2H3,(H2,19,20,21). The fourth-order valence-electron chi connectivity index (χ4n) is 3.66. The molecule has 148 valence electrons. The molecule has 1 spiro atoms. The van der Waals surface area contributed by atoms with Crippen molar-refractivity contribution in [3.8, 4) is 0 Å². The van der Waals surface area contributed by atoms with Crippen LogP contribution in [0.1, 0.15) is 32.1 Å². The van der Waals surface area contributed by atoms with Crippen molar-refractivity contribution in [1.82, 2.24) is 15.5 Å². The Kier molecular flexibility index (Phi) is 6.72. The number of amides is 1. The zero-order chi connectivity index (χ0) is 18.4. The van der Waals surface area contributed by atoms with E-state index in [1.165, 1.54) is 0 Å². The lowest BCUT2D eigenvalue weighted by Gasteiger charge is -2.38. The number of likely N-dealkylation sites (N-methyl/N-ethyl adjacent to an activating group) is 1. The molecule has 3 aliphatic rings. The molecule has 0 aromatic carbocycles. The Morgan fingerprint density at radius 2 is 2.15 bits per heavy atom. The molecular weight excluding hydrogens is 336 g/mol. The highest BCUT2D eigenvalue weighted by molar-refractivity contribution is 5.85. The molecule has 3 fully saturated rings. The Morgan fingerprint density at radius 3 is 2.85 bits per heavy atom. The molecule has 26 heavy (non-hydrogen) atoms. The molecule has 3 rings (SSSR count). The Hall–Kier alpha value is -1.38. The van der Waals surface area contributed by atoms with Crippen LogP contribution in [0.5, 0.6) is 0 Å². The maximum absolute atomic E-state index is 11.9. The summed E-state index contributed by atoms with van der Waals surface area (Å²) in [6.07, 6.45) is 5.15. The lowest BCUT2D eigenvalue weighted by molar-refractivity contribution is -0.127. The van der Waals surface area contributed by atoms with Crippen LogP contribution in [0.15, 0.2) is 4.99 Å². The third-order valence-corrected chi connectivity index (χ3v) is 5.29. The minimum atomic E-state index is -0.158. The second kappa shape index (κ2) is 9.01. The minimum Gasteiger partial charge on any atom is -0.378 e. The number of nitrogens with one attached hydrogen (secondary N) is 2. The first-order valence-electron chi connectivity index (χ1n) is 9.65. The topological polar surface area (TPSA) is 84.4 Å². The van der Waals surface area contributed by atoms with Crippen LogP contribution in [0.3, 0.4) is 0 Å². The number of guanidine groups is 1. The van der Waals surface area contributed by atoms with Crippen molar-refractivity contribution in [3.05, 3.63) is 0 Å². The van der Waals surface area contributed by atoms with Crippen molar-refractivity contribution in [1.29, 1.82) is 0 Å². The van der Waals surface area contributed by atoms with Gasteiger partial charge in [-0.2, -0.15) is 0 Å². The number of aliphatic imine (C=N–C) groups is 1. The van der Waals surface area contributed by atoms with E-state index in [-0.39, 0.29) is 30.2 Å². The van der Waals surface area contributed by atoms with Crippen molar-refractivity contribution in [3.63, 3.8) is 0 Å². The van der Waals surface area contributed by atoms with Gasteiger partial charge in [0.15, 0.2) is 5.96 Å². The Bertz CT molecular complexity index is 499. The van der Waals surface area contributed by atoms with E-state index in [9.17, 15) is 4.79 Å². The van der Waals surface area contributed by atoms with Gasteiger partial charge in [0.05, 0.1) is 18.3 Å². The van der Waals surface area contributed by atoms with Crippen LogP contribution in [0.2, 0.25) is 0 Å². The number of hydrogen-bond acceptors (Lipinski definition) is 5. The minimum absolute atomic E-state index is 0.0177. The van der Waals surface area contributed by atoms with Gasteiger partial charge < -0.3 is 29.7 Å². The molecule has 0 aromatic rings. The molecule has 8 heteroatoms. The monoisotopic (exact) mass is 368 g/mol. The van der Waals surface area contributed by atoms with E-state index in [1.54, 1.807) is 19.0 Å². The molecule has 0 bridgehead atoms. The third-order valence-electron chi connectivity index (χ3n) is 5.29. The Balaban J connectivity index is 1.57. The number of rotatable bonds is 5. The number of ether oxygens (including phenoxy) is 3. The molecule has 8 nitrogen and oxygen atoms in total. The zero-order valence-electron chi connectivity index (χ0n) is 16.0. The van der Waals surface area contributed by atoms with Crippen LogP contribution < -0.4 is 10.6 Å². The number of carbonyl (C=O) groups excluding carboxylic acids is 1. The van der Waals surface area contributed by atoms with Crippen LogP contribution in [0, 0.1) is 0 Å². The van der Waals surface area contributed by atoms with Gasteiger partial charge >= 0.3 is 0 Å². The Morgan fingerprint density at radius 1 is 1.27 bits per heavy atom. The number of nitrogens with zero attached hydrogens (tertiary/aromatic N) is 2. The van der Waals surface area contributed by atoms with Gasteiger partial charge in [-0.15, -0.1) is 0 Å². The number of carbonyl (C=O) groups is 1. The SMILES string of the molecule is CN(C)C(=O)CN=C(NCC1CCCO1)NC1CCOC2(CCOC2)C1. The van der Waals surface area contributed by atoms with E-state index < -0.39 is 0 Å². The van der Waals surface area contributed by atoms with Crippen LogP contribution in [0.4, 0.5) is 0 Å². The van der Waals surface area contributed by atoms with E-state index in [0.717, 1.165) is 51.9 Å². The van der Waals surface area contributed by atoms with E-state index in [4.69, 9.17) is 14.2 Å². The van der Waals surface area contributed by atoms with E-state index in [1.807, 2.05) is 0 Å². The van der Waals surface area contributed by atoms with Gasteiger partial charge in [-0.3, -0.25) is 4.79 Å². The predicted octanol–water partition coefficient (Wildman–Crippen LogP) is 0.127. The van der Waals surface area contributed by atoms with Gasteiger partial charge in [-0.05, 0) is 25.7 Å². The summed E-state index contributed by atoms with van der Waals surface area (Å²) in [6.45, 7) is 3.82. The highest BCUT2D eigenvalue weighted by atomic mass is 16.6. The molecule has 0 radical (unpaired) electrons. The molecule has 3 atom stereocenters. The summed E-state index contributed by atoms with van der Waals surface area (Å²) in [4.78, 5) is 18.0. The molecule has 3 heterocycles. The molecule has 3 aliphatic heterocycles. The fourth-order valence-corrected chi connectivity index (χ4v) is 3.66. The average Bonchev–Trinajstić information content (AvgIpc) is 3.29. The van der Waals surface area contributed by atoms with E-state index in [0.29, 0.717) is 19.1 Å². The first-order chi connectivity index (χ1) is 12.6. The van der Waals surface area contributed by atoms with Crippen molar-refractivity contribution in [2.24, 2.45) is 4.99 Å². The molecule has 0 aromatic heterocycles. The fraction of sp³-hybridized carbons (Fsp3) is 0.889. The summed E-state index contributed by atoms with van der Waals surface area (Å²) < 4.78 is 17.2. The second-order valence-electron chi connectivity index (χ2n) is 7.64. The summed E-state index contributed by atoms with van der Waals surface area (Å²) >= 11 is 0. The molecule has 3 unspecified atom stereocenters. The van der Waals surface area contributed by atoms with Crippen molar-refractivity contribution in [2.75, 3.05) is 53.6 Å². The maximum Gasteiger partial charge on any atom is 0.243 e. The summed E-state index contributed by atoms with van der Waals surface area (Å²) in [5.74, 6) is 0.660. The third kappa shape index (κ3) is 5.31. The molecule has 0 aliphatic carbocycles. The lowest BCUT2D eigenvalue weighted by Crippen LogP contribution is -2.52. The Labute approximate surface area is 155 Å². The molecule has 1 amide bonds. The van der Waals surface area contributed by atoms with E-state index in [2.05, 4.69) is 15.6 Å². The first kappa shape index (κ1) is 19.4. The molecule has 0 saturated carbocycles. The van der Waals surface area contributed by atoms with Crippen molar-refractivity contribution in [2.45, 2.75) is 49.9 Å². The largest absolute Gasteiger partial charge is 0.378 e. The maximum atomic E-state index is 11.9. The van der Waals surface area contributed by atoms with E-state index >= 15 is 0 Å². The van der Waals surface area contributed by atoms with Gasteiger partial charge in [-0.25, -0.2) is 4.99 Å². The summed E-state index contributed by atoms with van der Waals surface area (Å²) in [5.41, 5.74) is -0.158.